The van der Waals surface area contributed by atoms with Gasteiger partial charge in [0.1, 0.15) is 11.4 Å². The molecule has 7 nitrogen and oxygen atoms in total. The van der Waals surface area contributed by atoms with Gasteiger partial charge in [-0.05, 0) is 26.8 Å². The number of urea groups is 1. The van der Waals surface area contributed by atoms with Crippen LogP contribution in [0, 0.1) is 5.82 Å². The van der Waals surface area contributed by atoms with Gasteiger partial charge in [-0.25, -0.2) is 14.6 Å². The molecular formula is C16H19FN4O3. The zero-order chi connectivity index (χ0) is 17.9. The minimum Gasteiger partial charge on any atom is -0.324 e. The van der Waals surface area contributed by atoms with Crippen molar-refractivity contribution < 1.29 is 18.8 Å². The van der Waals surface area contributed by atoms with Crippen molar-refractivity contribution in [3.8, 4) is 0 Å². The van der Waals surface area contributed by atoms with Crippen molar-refractivity contribution in [2.45, 2.75) is 32.7 Å². The summed E-state index contributed by atoms with van der Waals surface area (Å²) < 4.78 is 13.6. The molecule has 24 heavy (non-hydrogen) atoms. The van der Waals surface area contributed by atoms with Crippen LogP contribution >= 0.6 is 0 Å². The molecule has 0 spiro atoms. The van der Waals surface area contributed by atoms with Crippen LogP contribution in [0.15, 0.2) is 29.4 Å². The predicted molar refractivity (Wildman–Crippen MR) is 85.7 cm³/mol. The molecule has 0 unspecified atom stereocenters. The van der Waals surface area contributed by atoms with E-state index in [1.807, 2.05) is 0 Å². The summed E-state index contributed by atoms with van der Waals surface area (Å²) in [5, 5.41) is 6.37. The Kier molecular flexibility index (Phi) is 4.96. The minimum atomic E-state index is -0.965. The van der Waals surface area contributed by atoms with Crippen LogP contribution in [0.3, 0.4) is 0 Å². The SMILES string of the molecule is C/C(=N/NC(=O)CCN1C(=O)NC(C)(C)C1=O)c1ccccc1F. The Morgan fingerprint density at radius 3 is 2.58 bits per heavy atom. The minimum absolute atomic E-state index is 0.0474. The summed E-state index contributed by atoms with van der Waals surface area (Å²) in [4.78, 5) is 36.5. The summed E-state index contributed by atoms with van der Waals surface area (Å²) in [5.74, 6) is -1.29. The topological polar surface area (TPSA) is 90.9 Å². The number of carbonyl (C=O) groups excluding carboxylic acids is 3. The van der Waals surface area contributed by atoms with E-state index in [1.165, 1.54) is 6.07 Å². The van der Waals surface area contributed by atoms with Crippen LogP contribution in [0.1, 0.15) is 32.8 Å². The van der Waals surface area contributed by atoms with Crippen LogP contribution in [0.5, 0.6) is 0 Å². The van der Waals surface area contributed by atoms with Gasteiger partial charge in [-0.3, -0.25) is 14.5 Å². The molecule has 1 aliphatic heterocycles. The van der Waals surface area contributed by atoms with Crippen LogP contribution in [0.2, 0.25) is 0 Å². The van der Waals surface area contributed by atoms with Crippen LogP contribution in [-0.2, 0) is 9.59 Å². The molecule has 0 aromatic heterocycles. The van der Waals surface area contributed by atoms with E-state index in [-0.39, 0.29) is 24.4 Å². The fourth-order valence-electron chi connectivity index (χ4n) is 2.25. The molecule has 128 valence electrons. The molecule has 0 saturated carbocycles. The average Bonchev–Trinajstić information content (AvgIpc) is 2.71. The van der Waals surface area contributed by atoms with Gasteiger partial charge in [0.25, 0.3) is 5.91 Å². The van der Waals surface area contributed by atoms with Gasteiger partial charge in [0.2, 0.25) is 5.91 Å². The predicted octanol–water partition coefficient (Wildman–Crippen LogP) is 1.39. The molecule has 1 aliphatic rings. The summed E-state index contributed by atoms with van der Waals surface area (Å²) in [5.41, 5.74) is 1.93. The highest BCUT2D eigenvalue weighted by atomic mass is 19.1. The zero-order valence-corrected chi connectivity index (χ0v) is 13.7. The highest BCUT2D eigenvalue weighted by Crippen LogP contribution is 2.16. The first-order valence-corrected chi connectivity index (χ1v) is 7.44. The second-order valence-corrected chi connectivity index (χ2v) is 5.97. The van der Waals surface area contributed by atoms with E-state index in [9.17, 15) is 18.8 Å². The maximum Gasteiger partial charge on any atom is 0.325 e. The van der Waals surface area contributed by atoms with Gasteiger partial charge in [0.05, 0.1) is 5.71 Å². The monoisotopic (exact) mass is 334 g/mol. The molecule has 2 rings (SSSR count). The van der Waals surface area contributed by atoms with E-state index >= 15 is 0 Å². The Morgan fingerprint density at radius 2 is 2.00 bits per heavy atom. The Balaban J connectivity index is 1.90. The van der Waals surface area contributed by atoms with Gasteiger partial charge in [0.15, 0.2) is 0 Å². The Labute approximate surface area is 138 Å². The summed E-state index contributed by atoms with van der Waals surface area (Å²) in [7, 11) is 0. The number of nitrogens with zero attached hydrogens (tertiary/aromatic N) is 2. The van der Waals surface area contributed by atoms with Gasteiger partial charge in [-0.15, -0.1) is 0 Å². The summed E-state index contributed by atoms with van der Waals surface area (Å²) in [6.07, 6.45) is -0.0940. The van der Waals surface area contributed by atoms with Crippen molar-refractivity contribution in [2.75, 3.05) is 6.54 Å². The summed E-state index contributed by atoms with van der Waals surface area (Å²) in [6, 6.07) is 5.55. The van der Waals surface area contributed by atoms with Gasteiger partial charge in [0, 0.05) is 18.5 Å². The van der Waals surface area contributed by atoms with Crippen molar-refractivity contribution in [3.05, 3.63) is 35.6 Å². The average molecular weight is 334 g/mol. The standard InChI is InChI=1S/C16H19FN4O3/c1-10(11-6-4-5-7-12(11)17)19-20-13(22)8-9-21-14(23)16(2,3)18-15(21)24/h4-7H,8-9H2,1-3H3,(H,18,24)(H,20,22)/b19-10-. The lowest BCUT2D eigenvalue weighted by Gasteiger charge is -2.15. The van der Waals surface area contributed by atoms with Crippen molar-refractivity contribution >= 4 is 23.6 Å². The van der Waals surface area contributed by atoms with Crippen molar-refractivity contribution in [2.24, 2.45) is 5.10 Å². The number of hydrogen-bond acceptors (Lipinski definition) is 4. The molecule has 8 heteroatoms. The van der Waals surface area contributed by atoms with Crippen LogP contribution in [0.4, 0.5) is 9.18 Å². The maximum absolute atomic E-state index is 13.6. The number of carbonyl (C=O) groups is 3. The molecule has 1 saturated heterocycles. The van der Waals surface area contributed by atoms with E-state index in [0.29, 0.717) is 5.71 Å². The van der Waals surface area contributed by atoms with Crippen molar-refractivity contribution in [1.29, 1.82) is 0 Å². The Morgan fingerprint density at radius 1 is 1.33 bits per heavy atom. The smallest absolute Gasteiger partial charge is 0.324 e. The third-order valence-corrected chi connectivity index (χ3v) is 3.62. The maximum atomic E-state index is 13.6. The molecule has 0 aliphatic carbocycles. The van der Waals surface area contributed by atoms with Crippen molar-refractivity contribution in [1.82, 2.24) is 15.6 Å². The lowest BCUT2D eigenvalue weighted by molar-refractivity contribution is -0.130. The molecule has 0 bridgehead atoms. The number of rotatable bonds is 5. The first-order valence-electron chi connectivity index (χ1n) is 7.44. The molecule has 1 aromatic carbocycles. The molecule has 4 amide bonds. The van der Waals surface area contributed by atoms with E-state index in [4.69, 9.17) is 0 Å². The number of amides is 4. The van der Waals surface area contributed by atoms with Gasteiger partial charge in [-0.2, -0.15) is 5.10 Å². The fourth-order valence-corrected chi connectivity index (χ4v) is 2.25. The number of hydrazone groups is 1. The Bertz CT molecular complexity index is 715. The number of hydrogen-bond donors (Lipinski definition) is 2. The largest absolute Gasteiger partial charge is 0.325 e. The normalized spacial score (nSPS) is 17.0. The van der Waals surface area contributed by atoms with Gasteiger partial charge < -0.3 is 5.32 Å². The number of imide groups is 1. The van der Waals surface area contributed by atoms with Crippen molar-refractivity contribution in [3.63, 3.8) is 0 Å². The molecule has 1 fully saturated rings. The highest BCUT2D eigenvalue weighted by molar-refractivity contribution is 6.06. The fraction of sp³-hybridized carbons (Fsp3) is 0.375. The summed E-state index contributed by atoms with van der Waals surface area (Å²) in [6.45, 7) is 4.71. The quantitative estimate of drug-likeness (QED) is 0.484. The van der Waals surface area contributed by atoms with Gasteiger partial charge >= 0.3 is 6.03 Å². The number of benzene rings is 1. The van der Waals surface area contributed by atoms with E-state index in [0.717, 1.165) is 4.90 Å². The molecule has 0 radical (unpaired) electrons. The van der Waals surface area contributed by atoms with E-state index in [1.54, 1.807) is 39.0 Å². The first kappa shape index (κ1) is 17.6. The van der Waals surface area contributed by atoms with E-state index in [2.05, 4.69) is 15.8 Å². The third-order valence-electron chi connectivity index (χ3n) is 3.62. The molecule has 0 atom stereocenters. The van der Waals surface area contributed by atoms with Gasteiger partial charge in [-0.1, -0.05) is 18.2 Å². The lowest BCUT2D eigenvalue weighted by Crippen LogP contribution is -2.40. The van der Waals surface area contributed by atoms with Crippen LogP contribution in [0.25, 0.3) is 0 Å². The Hall–Kier alpha value is -2.77. The second kappa shape index (κ2) is 6.77. The zero-order valence-electron chi connectivity index (χ0n) is 13.7. The lowest BCUT2D eigenvalue weighted by atomic mass is 10.1. The molecule has 1 heterocycles. The third kappa shape index (κ3) is 3.76. The summed E-state index contributed by atoms with van der Waals surface area (Å²) >= 11 is 0. The van der Waals surface area contributed by atoms with Crippen LogP contribution in [-0.4, -0.2) is 40.5 Å². The molecule has 1 aromatic rings. The highest BCUT2D eigenvalue weighted by Gasteiger charge is 2.43. The number of halogens is 1. The number of nitrogens with one attached hydrogen (secondary N) is 2. The first-order chi connectivity index (χ1) is 11.2. The molecular weight excluding hydrogens is 315 g/mol. The second-order valence-electron chi connectivity index (χ2n) is 5.97. The molecule has 2 N–H and O–H groups in total. The van der Waals surface area contributed by atoms with Crippen LogP contribution < -0.4 is 10.7 Å². The van der Waals surface area contributed by atoms with E-state index < -0.39 is 23.3 Å².